The molecule has 1 amide bonds. The highest BCUT2D eigenvalue weighted by molar-refractivity contribution is 7.89. The predicted octanol–water partition coefficient (Wildman–Crippen LogP) is 2.42. The van der Waals surface area contributed by atoms with Crippen LogP contribution in [0.4, 0.5) is 0 Å². The molecule has 0 spiro atoms. The second-order valence-corrected chi connectivity index (χ2v) is 7.31. The maximum absolute atomic E-state index is 12.6. The molecule has 0 aliphatic heterocycles. The summed E-state index contributed by atoms with van der Waals surface area (Å²) in [5.74, 6) is -0.267. The van der Waals surface area contributed by atoms with Crippen LogP contribution < -0.4 is 5.32 Å². The summed E-state index contributed by atoms with van der Waals surface area (Å²) in [6.07, 6.45) is 1.58. The number of benzene rings is 2. The van der Waals surface area contributed by atoms with Crippen LogP contribution in [-0.4, -0.2) is 32.2 Å². The van der Waals surface area contributed by atoms with Gasteiger partial charge >= 0.3 is 0 Å². The number of nitrogens with one attached hydrogen (secondary N) is 1. The van der Waals surface area contributed by atoms with Crippen LogP contribution in [0.15, 0.2) is 72.1 Å². The first-order valence-electron chi connectivity index (χ1n) is 7.44. The van der Waals surface area contributed by atoms with Gasteiger partial charge in [-0.3, -0.25) is 4.79 Å². The SMILES string of the molecule is C=CCNC(=O)c1ccc(S(=O)(=O)N(C)Cc2ccccc2)cc1. The monoisotopic (exact) mass is 344 g/mol. The van der Waals surface area contributed by atoms with Crippen LogP contribution in [0.2, 0.25) is 0 Å². The Hall–Kier alpha value is -2.44. The highest BCUT2D eigenvalue weighted by Gasteiger charge is 2.21. The van der Waals surface area contributed by atoms with Gasteiger partial charge in [0.2, 0.25) is 10.0 Å². The van der Waals surface area contributed by atoms with Crippen LogP contribution in [0.5, 0.6) is 0 Å². The van der Waals surface area contributed by atoms with Gasteiger partial charge in [0.15, 0.2) is 0 Å². The standard InChI is InChI=1S/C18H20N2O3S/c1-3-13-19-18(21)16-9-11-17(12-10-16)24(22,23)20(2)14-15-7-5-4-6-8-15/h3-12H,1,13-14H2,2H3,(H,19,21). The Labute approximate surface area is 142 Å². The van der Waals surface area contributed by atoms with Crippen LogP contribution in [-0.2, 0) is 16.6 Å². The molecule has 0 saturated carbocycles. The van der Waals surface area contributed by atoms with Crippen LogP contribution in [0.3, 0.4) is 0 Å². The molecule has 1 N–H and O–H groups in total. The Balaban J connectivity index is 2.14. The number of nitrogens with zero attached hydrogens (tertiary/aromatic N) is 1. The van der Waals surface area contributed by atoms with E-state index in [1.807, 2.05) is 30.3 Å². The lowest BCUT2D eigenvalue weighted by Gasteiger charge is -2.17. The topological polar surface area (TPSA) is 66.5 Å². The van der Waals surface area contributed by atoms with Gasteiger partial charge in [-0.05, 0) is 29.8 Å². The lowest BCUT2D eigenvalue weighted by molar-refractivity contribution is 0.0958. The first kappa shape index (κ1) is 17.9. The minimum Gasteiger partial charge on any atom is -0.349 e. The summed E-state index contributed by atoms with van der Waals surface area (Å²) in [4.78, 5) is 12.0. The number of carbonyl (C=O) groups is 1. The molecule has 0 fully saturated rings. The molecule has 5 nitrogen and oxygen atoms in total. The van der Waals surface area contributed by atoms with Crippen molar-refractivity contribution in [3.8, 4) is 0 Å². The average Bonchev–Trinajstić information content (AvgIpc) is 2.60. The second-order valence-electron chi connectivity index (χ2n) is 5.27. The average molecular weight is 344 g/mol. The molecule has 2 rings (SSSR count). The van der Waals surface area contributed by atoms with E-state index in [2.05, 4.69) is 11.9 Å². The molecule has 0 saturated heterocycles. The van der Waals surface area contributed by atoms with E-state index in [1.54, 1.807) is 6.08 Å². The normalized spacial score (nSPS) is 11.2. The maximum Gasteiger partial charge on any atom is 0.251 e. The van der Waals surface area contributed by atoms with E-state index < -0.39 is 10.0 Å². The van der Waals surface area contributed by atoms with E-state index >= 15 is 0 Å². The molecular formula is C18H20N2O3S. The number of rotatable bonds is 7. The fraction of sp³-hybridized carbons (Fsp3) is 0.167. The third-order valence-corrected chi connectivity index (χ3v) is 5.30. The number of hydrogen-bond donors (Lipinski definition) is 1. The fourth-order valence-electron chi connectivity index (χ4n) is 2.15. The largest absolute Gasteiger partial charge is 0.349 e. The molecule has 0 atom stereocenters. The highest BCUT2D eigenvalue weighted by Crippen LogP contribution is 2.17. The molecule has 2 aromatic rings. The van der Waals surface area contributed by atoms with Gasteiger partial charge in [-0.15, -0.1) is 6.58 Å². The molecule has 0 aliphatic carbocycles. The smallest absolute Gasteiger partial charge is 0.251 e. The highest BCUT2D eigenvalue weighted by atomic mass is 32.2. The third-order valence-electron chi connectivity index (χ3n) is 3.48. The first-order valence-corrected chi connectivity index (χ1v) is 8.88. The lowest BCUT2D eigenvalue weighted by atomic mass is 10.2. The number of hydrogen-bond acceptors (Lipinski definition) is 3. The molecule has 126 valence electrons. The zero-order valence-corrected chi connectivity index (χ0v) is 14.3. The summed E-state index contributed by atoms with van der Waals surface area (Å²) in [6, 6.07) is 15.3. The second kappa shape index (κ2) is 7.90. The van der Waals surface area contributed by atoms with E-state index in [0.717, 1.165) is 5.56 Å². The van der Waals surface area contributed by atoms with Crippen molar-refractivity contribution in [2.24, 2.45) is 0 Å². The van der Waals surface area contributed by atoms with Crippen LogP contribution in [0.25, 0.3) is 0 Å². The molecule has 2 aromatic carbocycles. The first-order chi connectivity index (χ1) is 11.4. The van der Waals surface area contributed by atoms with Crippen molar-refractivity contribution in [1.82, 2.24) is 9.62 Å². The van der Waals surface area contributed by atoms with Crippen molar-refractivity contribution in [1.29, 1.82) is 0 Å². The third kappa shape index (κ3) is 4.31. The van der Waals surface area contributed by atoms with Crippen molar-refractivity contribution >= 4 is 15.9 Å². The molecule has 0 unspecified atom stereocenters. The van der Waals surface area contributed by atoms with Crippen molar-refractivity contribution in [2.45, 2.75) is 11.4 Å². The van der Waals surface area contributed by atoms with Gasteiger partial charge in [0, 0.05) is 25.7 Å². The van der Waals surface area contributed by atoms with Crippen molar-refractivity contribution in [3.05, 3.63) is 78.4 Å². The van der Waals surface area contributed by atoms with Crippen molar-refractivity contribution in [3.63, 3.8) is 0 Å². The van der Waals surface area contributed by atoms with Crippen molar-refractivity contribution in [2.75, 3.05) is 13.6 Å². The number of carbonyl (C=O) groups excluding carboxylic acids is 1. The number of sulfonamides is 1. The molecule has 0 radical (unpaired) electrons. The Morgan fingerprint density at radius 2 is 1.75 bits per heavy atom. The van der Waals surface area contributed by atoms with Gasteiger partial charge in [0.25, 0.3) is 5.91 Å². The lowest BCUT2D eigenvalue weighted by Crippen LogP contribution is -2.27. The minimum absolute atomic E-state index is 0.154. The summed E-state index contributed by atoms with van der Waals surface area (Å²) < 4.78 is 26.5. The summed E-state index contributed by atoms with van der Waals surface area (Å²) >= 11 is 0. The predicted molar refractivity (Wildman–Crippen MR) is 94.1 cm³/mol. The number of amides is 1. The van der Waals surface area contributed by atoms with Gasteiger partial charge in [-0.25, -0.2) is 8.42 Å². The van der Waals surface area contributed by atoms with Crippen LogP contribution >= 0.6 is 0 Å². The van der Waals surface area contributed by atoms with E-state index in [1.165, 1.54) is 35.6 Å². The maximum atomic E-state index is 12.6. The summed E-state index contributed by atoms with van der Waals surface area (Å²) in [5.41, 5.74) is 1.31. The summed E-state index contributed by atoms with van der Waals surface area (Å²) in [6.45, 7) is 4.17. The van der Waals surface area contributed by atoms with Crippen LogP contribution in [0.1, 0.15) is 15.9 Å². The zero-order valence-electron chi connectivity index (χ0n) is 13.5. The summed E-state index contributed by atoms with van der Waals surface area (Å²) in [5, 5.41) is 2.65. The van der Waals surface area contributed by atoms with Gasteiger partial charge < -0.3 is 5.32 Å². The van der Waals surface area contributed by atoms with Crippen LogP contribution in [0, 0.1) is 0 Å². The van der Waals surface area contributed by atoms with E-state index in [4.69, 9.17) is 0 Å². The molecule has 0 bridgehead atoms. The quantitative estimate of drug-likeness (QED) is 0.785. The van der Waals surface area contributed by atoms with Gasteiger partial charge in [-0.2, -0.15) is 4.31 Å². The summed E-state index contributed by atoms with van der Waals surface area (Å²) in [7, 11) is -2.08. The zero-order chi connectivity index (χ0) is 17.6. The Morgan fingerprint density at radius 1 is 1.12 bits per heavy atom. The van der Waals surface area contributed by atoms with Gasteiger partial charge in [0.05, 0.1) is 4.90 Å². The Morgan fingerprint density at radius 3 is 2.33 bits per heavy atom. The Kier molecular flexibility index (Phi) is 5.89. The molecule has 6 heteroatoms. The molecule has 24 heavy (non-hydrogen) atoms. The van der Waals surface area contributed by atoms with E-state index in [-0.39, 0.29) is 17.3 Å². The molecule has 0 aromatic heterocycles. The van der Waals surface area contributed by atoms with Crippen molar-refractivity contribution < 1.29 is 13.2 Å². The van der Waals surface area contributed by atoms with Gasteiger partial charge in [0.1, 0.15) is 0 Å². The molecular weight excluding hydrogens is 324 g/mol. The fourth-order valence-corrected chi connectivity index (χ4v) is 3.31. The minimum atomic E-state index is -3.61. The van der Waals surface area contributed by atoms with Gasteiger partial charge in [-0.1, -0.05) is 36.4 Å². The van der Waals surface area contributed by atoms with E-state index in [9.17, 15) is 13.2 Å². The Bertz CT molecular complexity index is 800. The van der Waals surface area contributed by atoms with E-state index in [0.29, 0.717) is 12.1 Å². The molecule has 0 aliphatic rings. The molecule has 0 heterocycles.